The molecule has 2 aliphatic rings. The van der Waals surface area contributed by atoms with Crippen LogP contribution in [0.4, 0.5) is 0 Å². The van der Waals surface area contributed by atoms with Crippen LogP contribution in [0.25, 0.3) is 0 Å². The highest BCUT2D eigenvalue weighted by atomic mass is 16.3. The zero-order valence-electron chi connectivity index (χ0n) is 14.9. The summed E-state index contributed by atoms with van der Waals surface area (Å²) in [5, 5.41) is 26.5. The van der Waals surface area contributed by atoms with Gasteiger partial charge in [0.05, 0.1) is 23.3 Å². The van der Waals surface area contributed by atoms with E-state index in [9.17, 15) is 19.8 Å². The molecule has 24 heavy (non-hydrogen) atoms. The summed E-state index contributed by atoms with van der Waals surface area (Å²) in [7, 11) is 0. The van der Waals surface area contributed by atoms with Crippen LogP contribution in [0.15, 0.2) is 0 Å². The second-order valence-corrected chi connectivity index (χ2v) is 7.72. The molecule has 2 aliphatic carbocycles. The van der Waals surface area contributed by atoms with Gasteiger partial charge in [0.2, 0.25) is 0 Å². The monoisotopic (exact) mass is 340 g/mol. The minimum absolute atomic E-state index is 0.468. The summed E-state index contributed by atoms with van der Waals surface area (Å²) in [5.41, 5.74) is -1.86. The summed E-state index contributed by atoms with van der Waals surface area (Å²) in [5.74, 6) is -1.49. The van der Waals surface area contributed by atoms with Gasteiger partial charge in [-0.25, -0.2) is 0 Å². The summed E-state index contributed by atoms with van der Waals surface area (Å²) in [4.78, 5) is 24.3. The molecule has 6 nitrogen and oxygen atoms in total. The lowest BCUT2D eigenvalue weighted by Crippen LogP contribution is -2.58. The maximum atomic E-state index is 12.1. The van der Waals surface area contributed by atoms with Crippen LogP contribution in [0.1, 0.15) is 78.1 Å². The Morgan fingerprint density at radius 1 is 0.708 bits per heavy atom. The fourth-order valence-electron chi connectivity index (χ4n) is 3.99. The second-order valence-electron chi connectivity index (χ2n) is 7.72. The van der Waals surface area contributed by atoms with Crippen molar-refractivity contribution in [3.63, 3.8) is 0 Å². The fourth-order valence-corrected chi connectivity index (χ4v) is 3.99. The van der Waals surface area contributed by atoms with Gasteiger partial charge in [-0.1, -0.05) is 38.5 Å². The van der Waals surface area contributed by atoms with Gasteiger partial charge in [0.15, 0.2) is 0 Å². The lowest BCUT2D eigenvalue weighted by Gasteiger charge is -2.38. The van der Waals surface area contributed by atoms with Gasteiger partial charge in [0.1, 0.15) is 0 Å². The lowest BCUT2D eigenvalue weighted by atomic mass is 9.80. The molecule has 0 heterocycles. The number of aliphatic hydroxyl groups is 2. The van der Waals surface area contributed by atoms with Gasteiger partial charge in [0, 0.05) is 0 Å². The van der Waals surface area contributed by atoms with E-state index >= 15 is 0 Å². The van der Waals surface area contributed by atoms with Crippen LogP contribution in [0, 0.1) is 0 Å². The quantitative estimate of drug-likeness (QED) is 0.581. The van der Waals surface area contributed by atoms with Crippen LogP contribution in [0.3, 0.4) is 0 Å². The van der Waals surface area contributed by atoms with E-state index in [0.29, 0.717) is 25.7 Å². The summed E-state index contributed by atoms with van der Waals surface area (Å²) >= 11 is 0. The second kappa shape index (κ2) is 7.83. The molecule has 0 aromatic rings. The predicted octanol–water partition coefficient (Wildman–Crippen LogP) is 1.39. The Labute approximate surface area is 144 Å². The average molecular weight is 340 g/mol. The smallest absolute Gasteiger partial charge is 0.309 e. The van der Waals surface area contributed by atoms with Crippen LogP contribution in [0.2, 0.25) is 0 Å². The molecule has 2 fully saturated rings. The van der Waals surface area contributed by atoms with E-state index in [2.05, 4.69) is 10.6 Å². The van der Waals surface area contributed by atoms with Crippen LogP contribution >= 0.6 is 0 Å². The molecule has 2 unspecified atom stereocenters. The van der Waals surface area contributed by atoms with Crippen LogP contribution in [0.5, 0.6) is 0 Å². The van der Waals surface area contributed by atoms with Crippen molar-refractivity contribution in [3.05, 3.63) is 0 Å². The first-order valence-corrected chi connectivity index (χ1v) is 9.33. The summed E-state index contributed by atoms with van der Waals surface area (Å²) in [6.07, 6.45) is 8.52. The number of rotatable bonds is 4. The predicted molar refractivity (Wildman–Crippen MR) is 91.3 cm³/mol. The number of carbonyl (C=O) groups is 2. The van der Waals surface area contributed by atoms with E-state index < -0.39 is 35.1 Å². The first-order valence-electron chi connectivity index (χ1n) is 9.33. The molecule has 2 atom stereocenters. The van der Waals surface area contributed by atoms with Gasteiger partial charge >= 0.3 is 11.8 Å². The highest BCUT2D eigenvalue weighted by Crippen LogP contribution is 2.31. The zero-order valence-corrected chi connectivity index (χ0v) is 14.9. The molecule has 2 amide bonds. The molecule has 0 aliphatic heterocycles. The van der Waals surface area contributed by atoms with Gasteiger partial charge in [-0.15, -0.1) is 0 Å². The van der Waals surface area contributed by atoms with Gasteiger partial charge < -0.3 is 20.8 Å². The van der Waals surface area contributed by atoms with Crippen molar-refractivity contribution >= 4 is 11.8 Å². The number of hydrogen-bond acceptors (Lipinski definition) is 4. The number of hydrogen-bond donors (Lipinski definition) is 4. The van der Waals surface area contributed by atoms with Crippen molar-refractivity contribution in [1.82, 2.24) is 10.6 Å². The summed E-state index contributed by atoms with van der Waals surface area (Å²) in [6.45, 7) is 3.49. The third kappa shape index (κ3) is 4.48. The van der Waals surface area contributed by atoms with Crippen molar-refractivity contribution in [2.75, 3.05) is 0 Å². The Bertz CT molecular complexity index is 412. The summed E-state index contributed by atoms with van der Waals surface area (Å²) in [6, 6.07) is -0.937. The third-order valence-corrected chi connectivity index (χ3v) is 5.95. The van der Waals surface area contributed by atoms with E-state index in [4.69, 9.17) is 0 Å². The van der Waals surface area contributed by atoms with Crippen LogP contribution < -0.4 is 10.6 Å². The largest absolute Gasteiger partial charge is 0.388 e. The van der Waals surface area contributed by atoms with E-state index in [1.54, 1.807) is 13.8 Å². The van der Waals surface area contributed by atoms with E-state index in [0.717, 1.165) is 38.5 Å². The normalized spacial score (nSPS) is 25.3. The molecule has 0 aromatic carbocycles. The summed E-state index contributed by atoms with van der Waals surface area (Å²) < 4.78 is 0. The molecule has 138 valence electrons. The van der Waals surface area contributed by atoms with Gasteiger partial charge in [-0.2, -0.15) is 0 Å². The Kier molecular flexibility index (Phi) is 6.26. The van der Waals surface area contributed by atoms with Crippen molar-refractivity contribution in [2.45, 2.75) is 101 Å². The Balaban J connectivity index is 1.86. The number of nitrogens with one attached hydrogen (secondary N) is 2. The van der Waals surface area contributed by atoms with Gasteiger partial charge in [0.25, 0.3) is 0 Å². The minimum Gasteiger partial charge on any atom is -0.388 e. The Morgan fingerprint density at radius 2 is 1.00 bits per heavy atom. The first kappa shape index (κ1) is 19.2. The highest BCUT2D eigenvalue weighted by Gasteiger charge is 2.39. The van der Waals surface area contributed by atoms with E-state index in [-0.39, 0.29) is 0 Å². The molecule has 0 bridgehead atoms. The molecular formula is C18H32N2O4. The van der Waals surface area contributed by atoms with E-state index in [1.807, 2.05) is 0 Å². The molecule has 0 saturated heterocycles. The third-order valence-electron chi connectivity index (χ3n) is 5.95. The molecule has 0 spiro atoms. The minimum atomic E-state index is -0.929. The average Bonchev–Trinajstić information content (AvgIpc) is 2.56. The Morgan fingerprint density at radius 3 is 1.29 bits per heavy atom. The van der Waals surface area contributed by atoms with Crippen molar-refractivity contribution < 1.29 is 19.8 Å². The van der Waals surface area contributed by atoms with Crippen molar-refractivity contribution in [1.29, 1.82) is 0 Å². The van der Waals surface area contributed by atoms with Gasteiger partial charge in [-0.05, 0) is 39.5 Å². The fraction of sp³-hybridized carbons (Fsp3) is 0.889. The van der Waals surface area contributed by atoms with Crippen molar-refractivity contribution in [3.8, 4) is 0 Å². The molecule has 2 rings (SSSR count). The van der Waals surface area contributed by atoms with Crippen LogP contribution in [-0.4, -0.2) is 45.3 Å². The molecule has 0 aromatic heterocycles. The number of carbonyl (C=O) groups excluding carboxylic acids is 2. The zero-order chi connectivity index (χ0) is 17.8. The maximum Gasteiger partial charge on any atom is 0.309 e. The van der Waals surface area contributed by atoms with Crippen molar-refractivity contribution in [2.24, 2.45) is 0 Å². The topological polar surface area (TPSA) is 98.7 Å². The lowest BCUT2D eigenvalue weighted by molar-refractivity contribution is -0.143. The maximum absolute atomic E-state index is 12.1. The SMILES string of the molecule is CC(NC(=O)C(=O)NC(C)C1(O)CCCCC1)C1(O)CCCCC1. The Hall–Kier alpha value is -1.14. The molecule has 2 saturated carbocycles. The molecule has 4 N–H and O–H groups in total. The molecule has 6 heteroatoms. The molecular weight excluding hydrogens is 308 g/mol. The molecule has 0 radical (unpaired) electrons. The van der Waals surface area contributed by atoms with Gasteiger partial charge in [-0.3, -0.25) is 9.59 Å². The van der Waals surface area contributed by atoms with Crippen LogP contribution in [-0.2, 0) is 9.59 Å². The first-order chi connectivity index (χ1) is 11.3. The standard InChI is InChI=1S/C18H32N2O4/c1-13(17(23)9-5-3-6-10-17)19-15(21)16(22)20-14(2)18(24)11-7-4-8-12-18/h13-14,23-24H,3-12H2,1-2H3,(H,19,21)(H,20,22). The van der Waals surface area contributed by atoms with E-state index in [1.165, 1.54) is 0 Å². The highest BCUT2D eigenvalue weighted by molar-refractivity contribution is 6.35. The number of amides is 2.